The van der Waals surface area contributed by atoms with E-state index in [-0.39, 0.29) is 31.0 Å². The average Bonchev–Trinajstić information content (AvgIpc) is 3.17. The molecule has 3 rings (SSSR count). The largest absolute Gasteiger partial charge is 0.482 e. The Bertz CT molecular complexity index is 699. The van der Waals surface area contributed by atoms with Crippen molar-refractivity contribution < 1.29 is 23.9 Å². The van der Waals surface area contributed by atoms with Crippen molar-refractivity contribution in [2.45, 2.75) is 57.6 Å². The van der Waals surface area contributed by atoms with Gasteiger partial charge in [0.2, 0.25) is 0 Å². The number of rotatable bonds is 7. The van der Waals surface area contributed by atoms with Crippen LogP contribution in [0.25, 0.3) is 0 Å². The van der Waals surface area contributed by atoms with E-state index < -0.39 is 12.1 Å². The fraction of sp³-hybridized carbons (Fsp3) is 0.550. The highest BCUT2D eigenvalue weighted by Crippen LogP contribution is 2.31. The van der Waals surface area contributed by atoms with Gasteiger partial charge in [-0.3, -0.25) is 19.3 Å². The van der Waals surface area contributed by atoms with Crippen molar-refractivity contribution >= 4 is 23.5 Å². The molecular formula is C20H26N2O5. The molecular weight excluding hydrogens is 348 g/mol. The number of carbonyl (C=O) groups excluding carboxylic acids is 3. The van der Waals surface area contributed by atoms with Gasteiger partial charge in [-0.2, -0.15) is 0 Å². The number of ether oxygens (including phenoxy) is 2. The lowest BCUT2D eigenvalue weighted by atomic mass is 10.1. The van der Waals surface area contributed by atoms with Gasteiger partial charge in [0.1, 0.15) is 12.3 Å². The number of esters is 1. The molecule has 1 aromatic carbocycles. The molecule has 2 amide bonds. The number of carbonyl (C=O) groups is 3. The number of amides is 2. The first-order chi connectivity index (χ1) is 13.1. The van der Waals surface area contributed by atoms with Crippen LogP contribution in [0.4, 0.5) is 5.69 Å². The molecule has 1 N–H and O–H groups in total. The van der Waals surface area contributed by atoms with E-state index in [4.69, 9.17) is 9.47 Å². The van der Waals surface area contributed by atoms with Gasteiger partial charge < -0.3 is 14.8 Å². The molecule has 0 aromatic heterocycles. The van der Waals surface area contributed by atoms with E-state index in [0.29, 0.717) is 17.9 Å². The third kappa shape index (κ3) is 4.78. The lowest BCUT2D eigenvalue weighted by molar-refractivity contribution is -0.155. The van der Waals surface area contributed by atoms with Crippen LogP contribution in [0.5, 0.6) is 5.75 Å². The molecule has 7 nitrogen and oxygen atoms in total. The van der Waals surface area contributed by atoms with E-state index in [1.165, 1.54) is 4.90 Å². The first kappa shape index (κ1) is 19.2. The molecule has 1 aliphatic carbocycles. The number of hydrogen-bond donors (Lipinski definition) is 1. The molecule has 2 aliphatic rings. The normalized spacial score (nSPS) is 17.8. The molecule has 1 heterocycles. The fourth-order valence-corrected chi connectivity index (χ4v) is 3.52. The molecule has 7 heteroatoms. The lowest BCUT2D eigenvalue weighted by Crippen LogP contribution is -2.46. The highest BCUT2D eigenvalue weighted by molar-refractivity contribution is 6.01. The van der Waals surface area contributed by atoms with Gasteiger partial charge in [0.05, 0.1) is 5.69 Å². The van der Waals surface area contributed by atoms with Gasteiger partial charge in [-0.05, 0) is 31.4 Å². The maximum Gasteiger partial charge on any atom is 0.326 e. The molecule has 0 unspecified atom stereocenters. The van der Waals surface area contributed by atoms with E-state index >= 15 is 0 Å². The van der Waals surface area contributed by atoms with Gasteiger partial charge in [0.15, 0.2) is 12.7 Å². The third-order valence-corrected chi connectivity index (χ3v) is 4.91. The molecule has 1 aromatic rings. The van der Waals surface area contributed by atoms with Gasteiger partial charge in [0.25, 0.3) is 11.8 Å². The molecule has 0 saturated heterocycles. The van der Waals surface area contributed by atoms with Crippen LogP contribution in [0, 0.1) is 0 Å². The number of fused-ring (bicyclic) bond motifs is 1. The first-order valence-corrected chi connectivity index (χ1v) is 9.60. The summed E-state index contributed by atoms with van der Waals surface area (Å²) < 4.78 is 10.8. The maximum atomic E-state index is 12.5. The monoisotopic (exact) mass is 374 g/mol. The second kappa shape index (κ2) is 8.88. The molecule has 0 radical (unpaired) electrons. The smallest absolute Gasteiger partial charge is 0.326 e. The summed E-state index contributed by atoms with van der Waals surface area (Å²) in [5.74, 6) is -0.604. The van der Waals surface area contributed by atoms with Gasteiger partial charge in [-0.1, -0.05) is 38.3 Å². The second-order valence-electron chi connectivity index (χ2n) is 6.99. The van der Waals surface area contributed by atoms with Crippen LogP contribution in [-0.2, 0) is 19.1 Å². The molecule has 1 fully saturated rings. The van der Waals surface area contributed by atoms with Gasteiger partial charge >= 0.3 is 5.97 Å². The summed E-state index contributed by atoms with van der Waals surface area (Å²) in [7, 11) is 0. The Kier molecular flexibility index (Phi) is 6.32. The number of benzene rings is 1. The van der Waals surface area contributed by atoms with Crippen LogP contribution < -0.4 is 15.0 Å². The first-order valence-electron chi connectivity index (χ1n) is 9.60. The van der Waals surface area contributed by atoms with Crippen LogP contribution in [0.2, 0.25) is 0 Å². The number of para-hydroxylation sites is 2. The Morgan fingerprint density at radius 2 is 2.04 bits per heavy atom. The number of nitrogens with zero attached hydrogens (tertiary/aromatic N) is 1. The zero-order chi connectivity index (χ0) is 19.2. The molecule has 0 spiro atoms. The van der Waals surface area contributed by atoms with Crippen LogP contribution in [-0.4, -0.2) is 43.1 Å². The van der Waals surface area contributed by atoms with Crippen molar-refractivity contribution in [1.82, 2.24) is 5.32 Å². The summed E-state index contributed by atoms with van der Waals surface area (Å²) in [6, 6.07) is 7.21. The second-order valence-corrected chi connectivity index (χ2v) is 6.99. The van der Waals surface area contributed by atoms with Crippen molar-refractivity contribution in [3.05, 3.63) is 24.3 Å². The van der Waals surface area contributed by atoms with Crippen molar-refractivity contribution in [3.63, 3.8) is 0 Å². The molecule has 1 aliphatic heterocycles. The summed E-state index contributed by atoms with van der Waals surface area (Å²) in [6.45, 7) is 1.58. The predicted molar refractivity (Wildman–Crippen MR) is 99.5 cm³/mol. The van der Waals surface area contributed by atoms with Crippen molar-refractivity contribution in [2.24, 2.45) is 0 Å². The molecule has 1 atom stereocenters. The molecule has 146 valence electrons. The summed E-state index contributed by atoms with van der Waals surface area (Å²) in [5, 5.41) is 2.98. The molecule has 0 bridgehead atoms. The van der Waals surface area contributed by atoms with Crippen molar-refractivity contribution in [2.75, 3.05) is 18.1 Å². The Labute approximate surface area is 159 Å². The predicted octanol–water partition coefficient (Wildman–Crippen LogP) is 2.18. The number of anilines is 1. The minimum atomic E-state index is -0.825. The molecule has 1 saturated carbocycles. The highest BCUT2D eigenvalue weighted by Gasteiger charge is 2.30. The van der Waals surface area contributed by atoms with E-state index in [1.807, 2.05) is 6.92 Å². The topological polar surface area (TPSA) is 84.9 Å². The fourth-order valence-electron chi connectivity index (χ4n) is 3.52. The Morgan fingerprint density at radius 1 is 1.30 bits per heavy atom. The van der Waals surface area contributed by atoms with Gasteiger partial charge in [-0.25, -0.2) is 0 Å². The summed E-state index contributed by atoms with van der Waals surface area (Å²) in [5.41, 5.74) is 0.535. The zero-order valence-electron chi connectivity index (χ0n) is 15.6. The number of nitrogens with one attached hydrogen (secondary N) is 1. The van der Waals surface area contributed by atoms with E-state index in [2.05, 4.69) is 5.32 Å². The quantitative estimate of drug-likeness (QED) is 0.740. The van der Waals surface area contributed by atoms with E-state index in [0.717, 1.165) is 32.1 Å². The minimum absolute atomic E-state index is 0.120. The third-order valence-electron chi connectivity index (χ3n) is 4.91. The number of hydrogen-bond acceptors (Lipinski definition) is 5. The Morgan fingerprint density at radius 3 is 2.78 bits per heavy atom. The maximum absolute atomic E-state index is 12.5. The van der Waals surface area contributed by atoms with Gasteiger partial charge in [-0.15, -0.1) is 0 Å². The standard InChI is InChI=1S/C20H26N2O5/c1-2-7-17(20(25)21-14-8-3-4-9-14)27-19(24)12-22-15-10-5-6-11-16(15)26-13-18(22)23/h5-6,10-11,14,17H,2-4,7-9,12-13H2,1H3,(H,21,25)/t17-/m0/s1. The minimum Gasteiger partial charge on any atom is -0.482 e. The Balaban J connectivity index is 1.62. The highest BCUT2D eigenvalue weighted by atomic mass is 16.5. The molecule has 27 heavy (non-hydrogen) atoms. The Hall–Kier alpha value is -2.57. The van der Waals surface area contributed by atoms with Crippen LogP contribution >= 0.6 is 0 Å². The van der Waals surface area contributed by atoms with Crippen LogP contribution in [0.3, 0.4) is 0 Å². The van der Waals surface area contributed by atoms with Crippen LogP contribution in [0.1, 0.15) is 45.4 Å². The zero-order valence-corrected chi connectivity index (χ0v) is 15.6. The van der Waals surface area contributed by atoms with Crippen molar-refractivity contribution in [3.8, 4) is 5.75 Å². The van der Waals surface area contributed by atoms with Crippen LogP contribution in [0.15, 0.2) is 24.3 Å². The van der Waals surface area contributed by atoms with Crippen molar-refractivity contribution in [1.29, 1.82) is 0 Å². The SMILES string of the molecule is CCC[C@H](OC(=O)CN1C(=O)COc2ccccc21)C(=O)NC1CCCC1. The summed E-state index contributed by atoms with van der Waals surface area (Å²) in [4.78, 5) is 38.5. The summed E-state index contributed by atoms with van der Waals surface area (Å²) >= 11 is 0. The van der Waals surface area contributed by atoms with E-state index in [1.54, 1.807) is 24.3 Å². The average molecular weight is 374 g/mol. The van der Waals surface area contributed by atoms with Gasteiger partial charge in [0, 0.05) is 6.04 Å². The van der Waals surface area contributed by atoms with E-state index in [9.17, 15) is 14.4 Å². The lowest BCUT2D eigenvalue weighted by Gasteiger charge is -2.29. The summed E-state index contributed by atoms with van der Waals surface area (Å²) in [6.07, 6.45) is 4.51.